The molecule has 0 aliphatic carbocycles. The Kier molecular flexibility index (Phi) is 11.4. The molecule has 2 aromatic rings. The smallest absolute Gasteiger partial charge is 0.238 e. The lowest BCUT2D eigenvalue weighted by molar-refractivity contribution is -0.137. The number of amides is 2. The van der Waals surface area contributed by atoms with Crippen molar-refractivity contribution in [1.29, 1.82) is 0 Å². The number of sulfonamides is 1. The van der Waals surface area contributed by atoms with Crippen molar-refractivity contribution in [2.75, 3.05) is 39.0 Å². The Morgan fingerprint density at radius 3 is 2.21 bits per heavy atom. The van der Waals surface area contributed by atoms with E-state index >= 15 is 0 Å². The summed E-state index contributed by atoms with van der Waals surface area (Å²) < 4.78 is 32.5. The van der Waals surface area contributed by atoms with Crippen LogP contribution in [0.3, 0.4) is 0 Å². The average Bonchev–Trinajstić information content (AvgIpc) is 2.92. The molecule has 9 heteroatoms. The third-order valence-corrected chi connectivity index (χ3v) is 9.01. The predicted octanol–water partition coefficient (Wildman–Crippen LogP) is 3.96. The molecule has 0 radical (unpaired) electrons. The summed E-state index contributed by atoms with van der Waals surface area (Å²) in [6.45, 7) is 7.42. The first-order valence-electron chi connectivity index (χ1n) is 13.8. The van der Waals surface area contributed by atoms with E-state index in [1.165, 1.54) is 4.31 Å². The van der Waals surface area contributed by atoms with Crippen molar-refractivity contribution in [2.24, 2.45) is 5.92 Å². The second-order valence-corrected chi connectivity index (χ2v) is 12.7. The Morgan fingerprint density at radius 2 is 1.64 bits per heavy atom. The lowest BCUT2D eigenvalue weighted by Gasteiger charge is -2.39. The van der Waals surface area contributed by atoms with E-state index in [0.717, 1.165) is 16.9 Å². The maximum Gasteiger partial charge on any atom is 0.238 e. The van der Waals surface area contributed by atoms with E-state index < -0.39 is 10.0 Å². The number of piperidine rings is 1. The first-order chi connectivity index (χ1) is 18.6. The number of hydrogen-bond donors (Lipinski definition) is 0. The minimum absolute atomic E-state index is 0.0282. The van der Waals surface area contributed by atoms with Crippen LogP contribution in [0.2, 0.25) is 0 Å². The highest BCUT2D eigenvalue weighted by Crippen LogP contribution is 2.22. The van der Waals surface area contributed by atoms with Crippen LogP contribution < -0.4 is 4.74 Å². The Morgan fingerprint density at radius 1 is 1.00 bits per heavy atom. The first kappa shape index (κ1) is 30.6. The zero-order valence-corrected chi connectivity index (χ0v) is 24.5. The van der Waals surface area contributed by atoms with Crippen LogP contribution in [0, 0.1) is 5.92 Å². The molecule has 1 saturated heterocycles. The maximum absolute atomic E-state index is 13.7. The van der Waals surface area contributed by atoms with Gasteiger partial charge in [-0.15, -0.1) is 0 Å². The van der Waals surface area contributed by atoms with Crippen molar-refractivity contribution in [3.05, 3.63) is 65.7 Å². The highest BCUT2D eigenvalue weighted by Gasteiger charge is 2.33. The van der Waals surface area contributed by atoms with Crippen LogP contribution >= 0.6 is 0 Å². The van der Waals surface area contributed by atoms with Gasteiger partial charge in [0.05, 0.1) is 25.8 Å². The average molecular weight is 558 g/mol. The summed E-state index contributed by atoms with van der Waals surface area (Å²) in [5, 5.41) is 0. The van der Waals surface area contributed by atoms with Crippen LogP contribution in [-0.4, -0.2) is 79.4 Å². The number of rotatable bonds is 13. The molecule has 0 saturated carbocycles. The van der Waals surface area contributed by atoms with Crippen molar-refractivity contribution in [1.82, 2.24) is 14.1 Å². The quantitative estimate of drug-likeness (QED) is 0.372. The summed E-state index contributed by atoms with van der Waals surface area (Å²) in [4.78, 5) is 30.4. The van der Waals surface area contributed by atoms with E-state index in [4.69, 9.17) is 4.74 Å². The molecule has 0 spiro atoms. The van der Waals surface area contributed by atoms with Gasteiger partial charge in [-0.05, 0) is 48.4 Å². The second kappa shape index (κ2) is 14.5. The van der Waals surface area contributed by atoms with E-state index in [2.05, 4.69) is 0 Å². The standard InChI is InChI=1S/C30H43N3O5S/c1-5-19-39(36,37)32(21-24(2)3)23-30(35)33(22-26-9-7-6-8-10-26)27-15-17-31(18-16-27)29(34)20-25-11-13-28(38-4)14-12-25/h6-14,24,27H,5,15-23H2,1-4H3. The number of methoxy groups -OCH3 is 1. The van der Waals surface area contributed by atoms with E-state index in [1.54, 1.807) is 7.11 Å². The molecule has 1 fully saturated rings. The van der Waals surface area contributed by atoms with Crippen molar-refractivity contribution in [3.8, 4) is 5.75 Å². The van der Waals surface area contributed by atoms with Crippen LogP contribution in [-0.2, 0) is 32.6 Å². The molecule has 39 heavy (non-hydrogen) atoms. The fourth-order valence-corrected chi connectivity index (χ4v) is 6.58. The lowest BCUT2D eigenvalue weighted by atomic mass is 10.0. The molecule has 0 atom stereocenters. The highest BCUT2D eigenvalue weighted by molar-refractivity contribution is 7.89. The summed E-state index contributed by atoms with van der Waals surface area (Å²) in [5.41, 5.74) is 1.93. The minimum atomic E-state index is -3.53. The van der Waals surface area contributed by atoms with Crippen molar-refractivity contribution in [3.63, 3.8) is 0 Å². The summed E-state index contributed by atoms with van der Waals surface area (Å²) >= 11 is 0. The van der Waals surface area contributed by atoms with Crippen LogP contribution in [0.15, 0.2) is 54.6 Å². The van der Waals surface area contributed by atoms with E-state index in [9.17, 15) is 18.0 Å². The van der Waals surface area contributed by atoms with Gasteiger partial charge in [-0.1, -0.05) is 63.2 Å². The molecule has 0 N–H and O–H groups in total. The number of carbonyl (C=O) groups is 2. The van der Waals surface area contributed by atoms with E-state index in [1.807, 2.05) is 85.2 Å². The molecule has 1 heterocycles. The van der Waals surface area contributed by atoms with E-state index in [-0.39, 0.29) is 36.1 Å². The normalized spacial score (nSPS) is 14.6. The number of benzene rings is 2. The Hall–Kier alpha value is -2.91. The number of ether oxygens (including phenoxy) is 1. The van der Waals surface area contributed by atoms with Gasteiger partial charge in [0.1, 0.15) is 5.75 Å². The first-order valence-corrected chi connectivity index (χ1v) is 15.5. The number of hydrogen-bond acceptors (Lipinski definition) is 5. The van der Waals surface area contributed by atoms with Gasteiger partial charge in [-0.25, -0.2) is 8.42 Å². The zero-order chi connectivity index (χ0) is 28.4. The van der Waals surface area contributed by atoms with E-state index in [0.29, 0.717) is 51.9 Å². The van der Waals surface area contributed by atoms with Gasteiger partial charge in [-0.3, -0.25) is 9.59 Å². The third-order valence-electron chi connectivity index (χ3n) is 7.02. The molecule has 1 aliphatic rings. The largest absolute Gasteiger partial charge is 0.497 e. The van der Waals surface area contributed by atoms with Crippen molar-refractivity contribution >= 4 is 21.8 Å². The van der Waals surface area contributed by atoms with Crippen molar-refractivity contribution in [2.45, 2.75) is 59.0 Å². The number of nitrogens with zero attached hydrogens (tertiary/aromatic N) is 3. The Labute approximate surface area is 234 Å². The number of carbonyl (C=O) groups excluding carboxylic acids is 2. The Bertz CT molecular complexity index is 1160. The second-order valence-electron chi connectivity index (χ2n) is 10.6. The fourth-order valence-electron chi connectivity index (χ4n) is 4.97. The molecule has 0 unspecified atom stereocenters. The van der Waals surface area contributed by atoms with Gasteiger partial charge >= 0.3 is 0 Å². The monoisotopic (exact) mass is 557 g/mol. The molecule has 1 aliphatic heterocycles. The predicted molar refractivity (Wildman–Crippen MR) is 154 cm³/mol. The summed E-state index contributed by atoms with van der Waals surface area (Å²) in [6.07, 6.45) is 2.13. The van der Waals surface area contributed by atoms with Crippen LogP contribution in [0.5, 0.6) is 5.75 Å². The number of likely N-dealkylation sites (tertiary alicyclic amines) is 1. The fraction of sp³-hybridized carbons (Fsp3) is 0.533. The molecule has 8 nitrogen and oxygen atoms in total. The zero-order valence-electron chi connectivity index (χ0n) is 23.7. The topological polar surface area (TPSA) is 87.2 Å². The molecule has 214 valence electrons. The maximum atomic E-state index is 13.7. The van der Waals surface area contributed by atoms with Gasteiger partial charge < -0.3 is 14.5 Å². The van der Waals surface area contributed by atoms with Gasteiger partial charge in [0.15, 0.2) is 0 Å². The summed E-state index contributed by atoms with van der Waals surface area (Å²) in [6, 6.07) is 17.2. The molecule has 0 bridgehead atoms. The Balaban J connectivity index is 1.71. The molecule has 3 rings (SSSR count). The minimum Gasteiger partial charge on any atom is -0.497 e. The molecule has 2 amide bonds. The van der Waals surface area contributed by atoms with Crippen LogP contribution in [0.4, 0.5) is 0 Å². The van der Waals surface area contributed by atoms with Crippen LogP contribution in [0.1, 0.15) is 51.2 Å². The molecule has 2 aromatic carbocycles. The molecular weight excluding hydrogens is 514 g/mol. The lowest BCUT2D eigenvalue weighted by Crippen LogP contribution is -2.52. The van der Waals surface area contributed by atoms with Gasteiger partial charge in [0.25, 0.3) is 0 Å². The highest BCUT2D eigenvalue weighted by atomic mass is 32.2. The van der Waals surface area contributed by atoms with Crippen LogP contribution in [0.25, 0.3) is 0 Å². The van der Waals surface area contributed by atoms with Gasteiger partial charge in [0, 0.05) is 32.2 Å². The summed E-state index contributed by atoms with van der Waals surface area (Å²) in [5.74, 6) is 0.757. The summed E-state index contributed by atoms with van der Waals surface area (Å²) in [7, 11) is -1.92. The van der Waals surface area contributed by atoms with Gasteiger partial charge in [-0.2, -0.15) is 4.31 Å². The molecular formula is C30H43N3O5S. The van der Waals surface area contributed by atoms with Gasteiger partial charge in [0.2, 0.25) is 21.8 Å². The SMILES string of the molecule is CCCS(=O)(=O)N(CC(=O)N(Cc1ccccc1)C1CCN(C(=O)Cc2ccc(OC)cc2)CC1)CC(C)C. The van der Waals surface area contributed by atoms with Crippen molar-refractivity contribution < 1.29 is 22.7 Å². The third kappa shape index (κ3) is 9.07. The molecule has 0 aromatic heterocycles.